The van der Waals surface area contributed by atoms with E-state index in [-0.39, 0.29) is 28.6 Å². The third-order valence-electron chi connectivity index (χ3n) is 13.7. The molecule has 6 heteroatoms. The highest BCUT2D eigenvalue weighted by molar-refractivity contribution is 6.24. The smallest absolute Gasteiger partial charge is 0.185 e. The van der Waals surface area contributed by atoms with Crippen LogP contribution in [0, 0.1) is 0 Å². The molecule has 4 rings (SSSR count). The second kappa shape index (κ2) is 17.1. The molecule has 0 aromatic heterocycles. The highest BCUT2D eigenvalue weighted by Gasteiger charge is 2.53. The van der Waals surface area contributed by atoms with E-state index < -0.39 is 66.2 Å². The van der Waals surface area contributed by atoms with Gasteiger partial charge in [0.05, 0.1) is 0 Å². The van der Waals surface area contributed by atoms with E-state index in [0.29, 0.717) is 61.2 Å². The molecule has 1 atom stereocenters. The average Bonchev–Trinajstić information content (AvgIpc) is 3.11. The Morgan fingerprint density at radius 2 is 0.537 bits per heavy atom. The molecule has 0 heterocycles. The number of hydrogen-bond acceptors (Lipinski definition) is 6. The molecule has 4 aromatic rings. The fourth-order valence-electron chi connectivity index (χ4n) is 9.47. The predicted octanol–water partition coefficient (Wildman–Crippen LogP) is 15.4. The van der Waals surface area contributed by atoms with E-state index in [0.717, 1.165) is 0 Å². The first-order valence-electron chi connectivity index (χ1n) is 24.3. The predicted molar refractivity (Wildman–Crippen MR) is 281 cm³/mol. The fraction of sp³-hybridized carbons (Fsp3) is 0.574. The van der Waals surface area contributed by atoms with Gasteiger partial charge in [0.2, 0.25) is 0 Å². The number of aromatic hydroxyl groups is 4. The Labute approximate surface area is 406 Å². The van der Waals surface area contributed by atoms with Gasteiger partial charge in [-0.15, -0.1) is 0 Å². The lowest BCUT2D eigenvalue weighted by Crippen LogP contribution is -2.48. The molecule has 0 bridgehead atoms. The standard InChI is InChI=1S/C61H88O6/c1-34(35-26-39(53(2,3)4)47(62)40(27-35)54(5,6)7)51(66)61(37-30-43(57(14,15)16)49(64)44(31-37)58(17,18)19,38-32-45(59(20,21)22)50(65)46(33-38)60(23,24)25)52(67)36-28-41(55(8,9)10)48(63)42(29-36)56(11,12)13/h26-34,62-65H,1-25H3. The van der Waals surface area contributed by atoms with Gasteiger partial charge >= 0.3 is 0 Å². The summed E-state index contributed by atoms with van der Waals surface area (Å²) in [5.41, 5.74) is -0.267. The number of carbonyl (C=O) groups is 2. The van der Waals surface area contributed by atoms with E-state index in [1.807, 2.05) is 209 Å². The van der Waals surface area contributed by atoms with Crippen LogP contribution in [-0.4, -0.2) is 32.0 Å². The number of ketones is 2. The van der Waals surface area contributed by atoms with Crippen molar-refractivity contribution in [2.45, 2.75) is 228 Å². The minimum atomic E-state index is -2.12. The Bertz CT molecular complexity index is 2340. The van der Waals surface area contributed by atoms with Gasteiger partial charge in [-0.3, -0.25) is 9.59 Å². The lowest BCUT2D eigenvalue weighted by molar-refractivity contribution is -0.123. The van der Waals surface area contributed by atoms with Gasteiger partial charge in [0, 0.05) is 22.6 Å². The van der Waals surface area contributed by atoms with Crippen LogP contribution >= 0.6 is 0 Å². The first-order chi connectivity index (χ1) is 29.7. The van der Waals surface area contributed by atoms with Gasteiger partial charge in [0.25, 0.3) is 0 Å². The number of rotatable bonds is 7. The van der Waals surface area contributed by atoms with Gasteiger partial charge in [-0.2, -0.15) is 0 Å². The number of Topliss-reactive ketones (excluding diaryl/α,β-unsaturated/α-hetero) is 2. The summed E-state index contributed by atoms with van der Waals surface area (Å²) < 4.78 is 0. The molecular weight excluding hydrogens is 829 g/mol. The van der Waals surface area contributed by atoms with Crippen LogP contribution in [0.3, 0.4) is 0 Å². The van der Waals surface area contributed by atoms with Crippen LogP contribution in [0.1, 0.15) is 251 Å². The lowest BCUT2D eigenvalue weighted by Gasteiger charge is -2.40. The van der Waals surface area contributed by atoms with Crippen LogP contribution in [0.5, 0.6) is 23.0 Å². The second-order valence-electron chi connectivity index (χ2n) is 27.9. The molecule has 4 N–H and O–H groups in total. The molecule has 6 nitrogen and oxygen atoms in total. The first kappa shape index (κ1) is 55.0. The lowest BCUT2D eigenvalue weighted by atomic mass is 9.60. The Balaban J connectivity index is 2.57. The molecule has 0 saturated carbocycles. The number of hydrogen-bond donors (Lipinski definition) is 4. The maximum absolute atomic E-state index is 17.2. The maximum Gasteiger partial charge on any atom is 0.185 e. The van der Waals surface area contributed by atoms with Crippen molar-refractivity contribution in [3.05, 3.63) is 115 Å². The molecule has 4 aromatic carbocycles. The van der Waals surface area contributed by atoms with Crippen molar-refractivity contribution in [1.29, 1.82) is 0 Å². The van der Waals surface area contributed by atoms with Gasteiger partial charge in [0.1, 0.15) is 28.4 Å². The van der Waals surface area contributed by atoms with Crippen LogP contribution in [0.4, 0.5) is 0 Å². The van der Waals surface area contributed by atoms with Crippen molar-refractivity contribution in [1.82, 2.24) is 0 Å². The van der Waals surface area contributed by atoms with Crippen molar-refractivity contribution < 1.29 is 30.0 Å². The topological polar surface area (TPSA) is 115 Å². The Morgan fingerprint density at radius 1 is 0.343 bits per heavy atom. The van der Waals surface area contributed by atoms with Crippen molar-refractivity contribution >= 4 is 11.6 Å². The largest absolute Gasteiger partial charge is 0.507 e. The Hall–Kier alpha value is -4.58. The normalized spacial score (nSPS) is 14.3. The Morgan fingerprint density at radius 3 is 0.746 bits per heavy atom. The zero-order valence-electron chi connectivity index (χ0n) is 46.3. The average molecular weight is 917 g/mol. The summed E-state index contributed by atoms with van der Waals surface area (Å²) in [6.45, 7) is 50.4. The van der Waals surface area contributed by atoms with E-state index in [1.54, 1.807) is 12.1 Å². The SMILES string of the molecule is CC(C(=O)C(C(=O)c1cc(C(C)(C)C)c(O)c(C(C)(C)C)c1)(c1cc(C(C)(C)C)c(O)c(C(C)(C)C)c1)c1cc(C(C)(C)C)c(O)c(C(C)(C)C)c1)c1cc(C(C)(C)C)c(O)c(C(C)(C)C)c1. The molecule has 0 aliphatic heterocycles. The highest BCUT2D eigenvalue weighted by atomic mass is 16.3. The summed E-state index contributed by atoms with van der Waals surface area (Å²) >= 11 is 0. The third kappa shape index (κ3) is 10.5. The van der Waals surface area contributed by atoms with Crippen molar-refractivity contribution in [2.24, 2.45) is 0 Å². The number of benzene rings is 4. The van der Waals surface area contributed by atoms with E-state index in [2.05, 4.69) is 0 Å². The van der Waals surface area contributed by atoms with Crippen LogP contribution in [0.2, 0.25) is 0 Å². The summed E-state index contributed by atoms with van der Waals surface area (Å²) in [6.07, 6.45) is 0. The van der Waals surface area contributed by atoms with Gasteiger partial charge in [-0.1, -0.05) is 185 Å². The van der Waals surface area contributed by atoms with Crippen molar-refractivity contribution in [3.8, 4) is 23.0 Å². The van der Waals surface area contributed by atoms with E-state index in [4.69, 9.17) is 0 Å². The summed E-state index contributed by atoms with van der Waals surface area (Å²) in [5, 5.41) is 48.6. The third-order valence-corrected chi connectivity index (χ3v) is 13.7. The molecule has 0 fully saturated rings. The maximum atomic E-state index is 17.2. The van der Waals surface area contributed by atoms with E-state index in [1.165, 1.54) is 0 Å². The van der Waals surface area contributed by atoms with E-state index in [9.17, 15) is 20.4 Å². The van der Waals surface area contributed by atoms with Crippen molar-refractivity contribution in [2.75, 3.05) is 0 Å². The summed E-state index contributed by atoms with van der Waals surface area (Å²) in [4.78, 5) is 34.3. The second-order valence-corrected chi connectivity index (χ2v) is 27.9. The molecule has 368 valence electrons. The van der Waals surface area contributed by atoms with Gasteiger partial charge < -0.3 is 20.4 Å². The van der Waals surface area contributed by atoms with Gasteiger partial charge in [0.15, 0.2) is 11.6 Å². The zero-order valence-corrected chi connectivity index (χ0v) is 46.3. The molecule has 0 radical (unpaired) electrons. The number of carbonyl (C=O) groups excluding carboxylic acids is 2. The minimum Gasteiger partial charge on any atom is -0.507 e. The molecule has 67 heavy (non-hydrogen) atoms. The quantitative estimate of drug-likeness (QED) is 0.108. The van der Waals surface area contributed by atoms with Gasteiger partial charge in [-0.05, 0) is 130 Å². The monoisotopic (exact) mass is 917 g/mol. The summed E-state index contributed by atoms with van der Waals surface area (Å²) in [7, 11) is 0. The fourth-order valence-corrected chi connectivity index (χ4v) is 9.47. The van der Waals surface area contributed by atoms with Crippen LogP contribution in [0.15, 0.2) is 48.5 Å². The van der Waals surface area contributed by atoms with Crippen LogP contribution in [0.25, 0.3) is 0 Å². The summed E-state index contributed by atoms with van der Waals surface area (Å²) in [5.74, 6) is -1.31. The molecular formula is C61H88O6. The molecule has 0 aliphatic carbocycles. The van der Waals surface area contributed by atoms with Crippen LogP contribution in [-0.2, 0) is 53.5 Å². The summed E-state index contributed by atoms with van der Waals surface area (Å²) in [6, 6.07) is 14.8. The zero-order chi connectivity index (χ0) is 52.1. The molecule has 0 spiro atoms. The van der Waals surface area contributed by atoms with Gasteiger partial charge in [-0.25, -0.2) is 0 Å². The Kier molecular flexibility index (Phi) is 14.1. The van der Waals surface area contributed by atoms with E-state index >= 15 is 9.59 Å². The molecule has 0 amide bonds. The number of phenols is 4. The molecule has 1 unspecified atom stereocenters. The first-order valence-corrected chi connectivity index (χ1v) is 24.3. The minimum absolute atomic E-state index is 0.111. The van der Waals surface area contributed by atoms with Crippen molar-refractivity contribution in [3.63, 3.8) is 0 Å². The molecule has 0 aliphatic rings. The highest BCUT2D eigenvalue weighted by Crippen LogP contribution is 2.52. The van der Waals surface area contributed by atoms with Crippen LogP contribution < -0.4 is 0 Å². The molecule has 0 saturated heterocycles. The number of phenolic OH excluding ortho intramolecular Hbond substituents is 4.